The number of methoxy groups -OCH3 is 1. The Morgan fingerprint density at radius 3 is 2.86 bits per heavy atom. The third-order valence-corrected chi connectivity index (χ3v) is 3.35. The molecule has 2 aromatic rings. The van der Waals surface area contributed by atoms with E-state index in [0.29, 0.717) is 36.1 Å². The first-order valence-electron chi connectivity index (χ1n) is 6.72. The van der Waals surface area contributed by atoms with Gasteiger partial charge in [-0.3, -0.25) is 0 Å². The van der Waals surface area contributed by atoms with Crippen LogP contribution in [0, 0.1) is 0 Å². The highest BCUT2D eigenvalue weighted by molar-refractivity contribution is 5.55. The van der Waals surface area contributed by atoms with Crippen LogP contribution < -0.4 is 19.5 Å². The third-order valence-electron chi connectivity index (χ3n) is 3.35. The average Bonchev–Trinajstić information content (AvgIpc) is 2.97. The van der Waals surface area contributed by atoms with Gasteiger partial charge in [-0.15, -0.1) is 0 Å². The lowest BCUT2D eigenvalue weighted by Crippen LogP contribution is -2.12. The van der Waals surface area contributed by atoms with Crippen molar-refractivity contribution in [3.8, 4) is 23.0 Å². The first-order chi connectivity index (χ1) is 10.3. The maximum absolute atomic E-state index is 9.72. The number of phenols is 1. The van der Waals surface area contributed by atoms with Crippen molar-refractivity contribution in [3.63, 3.8) is 0 Å². The van der Waals surface area contributed by atoms with Gasteiger partial charge in [0, 0.05) is 18.7 Å². The van der Waals surface area contributed by atoms with E-state index in [4.69, 9.17) is 14.2 Å². The van der Waals surface area contributed by atoms with Gasteiger partial charge in [-0.1, -0.05) is 18.2 Å². The highest BCUT2D eigenvalue weighted by Gasteiger charge is 2.19. The first kappa shape index (κ1) is 13.6. The minimum atomic E-state index is 0.223. The van der Waals surface area contributed by atoms with Crippen molar-refractivity contribution >= 4 is 0 Å². The Labute approximate surface area is 123 Å². The maximum atomic E-state index is 9.72. The molecule has 1 heterocycles. The summed E-state index contributed by atoms with van der Waals surface area (Å²) in [5, 5.41) is 13.0. The predicted octanol–water partition coefficient (Wildman–Crippen LogP) is 2.42. The van der Waals surface area contributed by atoms with Gasteiger partial charge in [0.25, 0.3) is 0 Å². The SMILES string of the molecule is COc1cc(CNCc2ccccc2O)cc2c1OCO2. The van der Waals surface area contributed by atoms with Gasteiger partial charge >= 0.3 is 0 Å². The zero-order valence-electron chi connectivity index (χ0n) is 11.8. The van der Waals surface area contributed by atoms with Gasteiger partial charge in [0.05, 0.1) is 7.11 Å². The number of rotatable bonds is 5. The van der Waals surface area contributed by atoms with Crippen LogP contribution >= 0.6 is 0 Å². The largest absolute Gasteiger partial charge is 0.508 e. The van der Waals surface area contributed by atoms with E-state index < -0.39 is 0 Å². The van der Waals surface area contributed by atoms with Gasteiger partial charge in [-0.2, -0.15) is 0 Å². The van der Waals surface area contributed by atoms with Crippen LogP contribution in [0.2, 0.25) is 0 Å². The number of benzene rings is 2. The van der Waals surface area contributed by atoms with E-state index in [1.54, 1.807) is 13.2 Å². The summed E-state index contributed by atoms with van der Waals surface area (Å²) in [6.45, 7) is 1.45. The topological polar surface area (TPSA) is 60.0 Å². The summed E-state index contributed by atoms with van der Waals surface area (Å²) >= 11 is 0. The number of aromatic hydroxyl groups is 1. The van der Waals surface area contributed by atoms with Crippen LogP contribution in [0.1, 0.15) is 11.1 Å². The quantitative estimate of drug-likeness (QED) is 0.884. The van der Waals surface area contributed by atoms with Crippen LogP contribution in [0.4, 0.5) is 0 Å². The number of hydrogen-bond donors (Lipinski definition) is 2. The molecule has 1 aliphatic heterocycles. The molecule has 0 amide bonds. The van der Waals surface area contributed by atoms with Crippen molar-refractivity contribution in [1.82, 2.24) is 5.32 Å². The van der Waals surface area contributed by atoms with Gasteiger partial charge < -0.3 is 24.6 Å². The summed E-state index contributed by atoms with van der Waals surface area (Å²) in [5.74, 6) is 2.33. The number of fused-ring (bicyclic) bond motifs is 1. The molecule has 0 atom stereocenters. The van der Waals surface area contributed by atoms with Crippen LogP contribution in [-0.4, -0.2) is 19.0 Å². The molecule has 5 nitrogen and oxygen atoms in total. The van der Waals surface area contributed by atoms with E-state index in [1.807, 2.05) is 30.3 Å². The van der Waals surface area contributed by atoms with Crippen molar-refractivity contribution in [1.29, 1.82) is 0 Å². The number of para-hydroxylation sites is 1. The molecule has 3 rings (SSSR count). The van der Waals surface area contributed by atoms with Gasteiger partial charge in [0.1, 0.15) is 5.75 Å². The predicted molar refractivity (Wildman–Crippen MR) is 77.8 cm³/mol. The molecule has 0 unspecified atom stereocenters. The second kappa shape index (κ2) is 5.93. The number of phenolic OH excluding ortho intramolecular Hbond substituents is 1. The van der Waals surface area contributed by atoms with Crippen LogP contribution in [0.25, 0.3) is 0 Å². The molecule has 0 radical (unpaired) electrons. The molecule has 110 valence electrons. The molecule has 0 saturated heterocycles. The third kappa shape index (κ3) is 2.87. The smallest absolute Gasteiger partial charge is 0.231 e. The van der Waals surface area contributed by atoms with Crippen molar-refractivity contribution in [2.75, 3.05) is 13.9 Å². The fourth-order valence-electron chi connectivity index (χ4n) is 2.29. The summed E-state index contributed by atoms with van der Waals surface area (Å²) in [6, 6.07) is 11.1. The molecule has 2 aromatic carbocycles. The number of ether oxygens (including phenoxy) is 3. The summed E-state index contributed by atoms with van der Waals surface area (Å²) < 4.78 is 16.1. The van der Waals surface area contributed by atoms with E-state index in [1.165, 1.54) is 0 Å². The van der Waals surface area contributed by atoms with E-state index >= 15 is 0 Å². The fourth-order valence-corrected chi connectivity index (χ4v) is 2.29. The first-order valence-corrected chi connectivity index (χ1v) is 6.72. The highest BCUT2D eigenvalue weighted by atomic mass is 16.7. The van der Waals surface area contributed by atoms with Gasteiger partial charge in [0.15, 0.2) is 11.5 Å². The normalized spacial score (nSPS) is 12.4. The van der Waals surface area contributed by atoms with Crippen LogP contribution in [0.5, 0.6) is 23.0 Å². The molecule has 5 heteroatoms. The summed E-state index contributed by atoms with van der Waals surface area (Å²) in [4.78, 5) is 0. The van der Waals surface area contributed by atoms with Crippen LogP contribution in [0.15, 0.2) is 36.4 Å². The van der Waals surface area contributed by atoms with Crippen molar-refractivity contribution in [2.45, 2.75) is 13.1 Å². The minimum absolute atomic E-state index is 0.223. The molecule has 1 aliphatic rings. The zero-order chi connectivity index (χ0) is 14.7. The fraction of sp³-hybridized carbons (Fsp3) is 0.250. The molecular weight excluding hydrogens is 270 g/mol. The van der Waals surface area contributed by atoms with Gasteiger partial charge in [-0.05, 0) is 23.8 Å². The van der Waals surface area contributed by atoms with E-state index in [-0.39, 0.29) is 6.79 Å². The Bertz CT molecular complexity index is 642. The van der Waals surface area contributed by atoms with Crippen LogP contribution in [0.3, 0.4) is 0 Å². The Kier molecular flexibility index (Phi) is 3.83. The van der Waals surface area contributed by atoms with Crippen molar-refractivity contribution in [3.05, 3.63) is 47.5 Å². The second-order valence-corrected chi connectivity index (χ2v) is 4.76. The lowest BCUT2D eigenvalue weighted by molar-refractivity contribution is 0.171. The molecule has 0 fully saturated rings. The maximum Gasteiger partial charge on any atom is 0.231 e. The lowest BCUT2D eigenvalue weighted by Gasteiger charge is -2.10. The zero-order valence-corrected chi connectivity index (χ0v) is 11.8. The molecule has 0 bridgehead atoms. The summed E-state index contributed by atoms with van der Waals surface area (Å²) in [6.07, 6.45) is 0. The summed E-state index contributed by atoms with van der Waals surface area (Å²) in [5.41, 5.74) is 1.90. The highest BCUT2D eigenvalue weighted by Crippen LogP contribution is 2.41. The van der Waals surface area contributed by atoms with E-state index in [2.05, 4.69) is 5.32 Å². The Morgan fingerprint density at radius 2 is 2.05 bits per heavy atom. The number of hydrogen-bond acceptors (Lipinski definition) is 5. The number of nitrogens with one attached hydrogen (secondary N) is 1. The molecule has 0 aromatic heterocycles. The van der Waals surface area contributed by atoms with Crippen LogP contribution in [-0.2, 0) is 13.1 Å². The molecular formula is C16H17NO4. The molecule has 0 saturated carbocycles. The Morgan fingerprint density at radius 1 is 1.19 bits per heavy atom. The Hall–Kier alpha value is -2.40. The average molecular weight is 287 g/mol. The molecule has 0 aliphatic carbocycles. The van der Waals surface area contributed by atoms with Gasteiger partial charge in [-0.25, -0.2) is 0 Å². The van der Waals surface area contributed by atoms with Crippen molar-refractivity contribution in [2.24, 2.45) is 0 Å². The molecule has 21 heavy (non-hydrogen) atoms. The van der Waals surface area contributed by atoms with E-state index in [0.717, 1.165) is 11.1 Å². The van der Waals surface area contributed by atoms with Crippen molar-refractivity contribution < 1.29 is 19.3 Å². The standard InChI is InChI=1S/C16H17NO4/c1-19-14-6-11(7-15-16(14)21-10-20-15)8-17-9-12-4-2-3-5-13(12)18/h2-7,17-18H,8-10H2,1H3. The summed E-state index contributed by atoms with van der Waals surface area (Å²) in [7, 11) is 1.61. The Balaban J connectivity index is 1.67. The monoisotopic (exact) mass is 287 g/mol. The van der Waals surface area contributed by atoms with Gasteiger partial charge in [0.2, 0.25) is 12.5 Å². The minimum Gasteiger partial charge on any atom is -0.508 e. The molecule has 0 spiro atoms. The lowest BCUT2D eigenvalue weighted by atomic mass is 10.1. The molecule has 2 N–H and O–H groups in total. The van der Waals surface area contributed by atoms with E-state index in [9.17, 15) is 5.11 Å². The second-order valence-electron chi connectivity index (χ2n) is 4.76.